The monoisotopic (exact) mass is 274 g/mol. The topological polar surface area (TPSA) is 29.3 Å². The minimum absolute atomic E-state index is 0.707. The summed E-state index contributed by atoms with van der Waals surface area (Å²) in [4.78, 5) is 2.33. The van der Waals surface area contributed by atoms with Crippen molar-refractivity contribution in [2.24, 2.45) is 5.73 Å². The Hall–Kier alpha value is -1.51. The van der Waals surface area contributed by atoms with Crippen LogP contribution in [0, 0.1) is 0 Å². The van der Waals surface area contributed by atoms with Crippen molar-refractivity contribution in [3.63, 3.8) is 0 Å². The maximum atomic E-state index is 6.04. The average molecular weight is 275 g/mol. The number of halogens is 1. The van der Waals surface area contributed by atoms with Gasteiger partial charge < -0.3 is 10.6 Å². The molecule has 0 atom stereocenters. The van der Waals surface area contributed by atoms with Crippen molar-refractivity contribution in [3.8, 4) is 0 Å². The van der Waals surface area contributed by atoms with E-state index in [1.807, 2.05) is 24.3 Å². The predicted octanol–water partition coefficient (Wildman–Crippen LogP) is 3.70. The molecule has 0 spiro atoms. The van der Waals surface area contributed by atoms with Gasteiger partial charge in [-0.05, 0) is 42.8 Å². The summed E-state index contributed by atoms with van der Waals surface area (Å²) >= 11 is 6.04. The Bertz CT molecular complexity index is 499. The lowest BCUT2D eigenvalue weighted by atomic mass is 10.2. The van der Waals surface area contributed by atoms with Crippen LogP contribution < -0.4 is 10.6 Å². The van der Waals surface area contributed by atoms with Crippen LogP contribution in [-0.2, 0) is 6.54 Å². The lowest BCUT2D eigenvalue weighted by Crippen LogP contribution is -2.25. The second-order valence-electron chi connectivity index (χ2n) is 4.53. The Morgan fingerprint density at radius 1 is 1.00 bits per heavy atom. The molecule has 0 unspecified atom stereocenters. The zero-order valence-corrected chi connectivity index (χ0v) is 11.7. The van der Waals surface area contributed by atoms with E-state index in [1.165, 1.54) is 11.3 Å². The molecule has 0 bridgehead atoms. The van der Waals surface area contributed by atoms with Crippen molar-refractivity contribution in [2.75, 3.05) is 18.0 Å². The SMILES string of the molecule is NCCCN(Cc1cccc(Cl)c1)c1ccccc1. The van der Waals surface area contributed by atoms with Gasteiger partial charge in [0.25, 0.3) is 0 Å². The zero-order valence-electron chi connectivity index (χ0n) is 10.9. The molecule has 0 aliphatic carbocycles. The molecule has 0 aromatic heterocycles. The first-order chi connectivity index (χ1) is 9.29. The minimum Gasteiger partial charge on any atom is -0.367 e. The molecule has 0 saturated heterocycles. The van der Waals surface area contributed by atoms with E-state index in [9.17, 15) is 0 Å². The van der Waals surface area contributed by atoms with Crippen molar-refractivity contribution in [1.29, 1.82) is 0 Å². The van der Waals surface area contributed by atoms with Gasteiger partial charge >= 0.3 is 0 Å². The second kappa shape index (κ2) is 7.17. The van der Waals surface area contributed by atoms with Crippen molar-refractivity contribution >= 4 is 17.3 Å². The summed E-state index contributed by atoms with van der Waals surface area (Å²) in [5.74, 6) is 0. The third kappa shape index (κ3) is 4.27. The summed E-state index contributed by atoms with van der Waals surface area (Å²) in [6.45, 7) is 2.51. The van der Waals surface area contributed by atoms with Crippen LogP contribution in [0.4, 0.5) is 5.69 Å². The lowest BCUT2D eigenvalue weighted by molar-refractivity contribution is 0.736. The quantitative estimate of drug-likeness (QED) is 0.870. The molecule has 3 heteroatoms. The van der Waals surface area contributed by atoms with Crippen LogP contribution in [-0.4, -0.2) is 13.1 Å². The molecule has 0 radical (unpaired) electrons. The van der Waals surface area contributed by atoms with Crippen LogP contribution in [0.1, 0.15) is 12.0 Å². The third-order valence-electron chi connectivity index (χ3n) is 3.02. The first-order valence-electron chi connectivity index (χ1n) is 6.54. The van der Waals surface area contributed by atoms with E-state index >= 15 is 0 Å². The van der Waals surface area contributed by atoms with Gasteiger partial charge in [-0.3, -0.25) is 0 Å². The molecule has 19 heavy (non-hydrogen) atoms. The fraction of sp³-hybridized carbons (Fsp3) is 0.250. The molecular formula is C16H19ClN2. The summed E-state index contributed by atoms with van der Waals surface area (Å²) in [5, 5.41) is 0.782. The molecular weight excluding hydrogens is 256 g/mol. The zero-order chi connectivity index (χ0) is 13.5. The summed E-state index contributed by atoms with van der Waals surface area (Å²) < 4.78 is 0. The smallest absolute Gasteiger partial charge is 0.0429 e. The molecule has 0 heterocycles. The van der Waals surface area contributed by atoms with Gasteiger partial charge in [0.2, 0.25) is 0 Å². The highest BCUT2D eigenvalue weighted by molar-refractivity contribution is 6.30. The molecule has 2 rings (SSSR count). The van der Waals surface area contributed by atoms with Gasteiger partial charge in [-0.15, -0.1) is 0 Å². The molecule has 0 saturated carbocycles. The first-order valence-corrected chi connectivity index (χ1v) is 6.92. The largest absolute Gasteiger partial charge is 0.367 e. The van der Waals surface area contributed by atoms with Crippen LogP contribution in [0.25, 0.3) is 0 Å². The summed E-state index contributed by atoms with van der Waals surface area (Å²) in [6, 6.07) is 18.4. The fourth-order valence-electron chi connectivity index (χ4n) is 2.08. The Morgan fingerprint density at radius 2 is 1.79 bits per heavy atom. The molecule has 2 aromatic rings. The normalized spacial score (nSPS) is 10.4. The number of hydrogen-bond acceptors (Lipinski definition) is 2. The Labute approximate surface area is 119 Å². The Balaban J connectivity index is 2.14. The highest BCUT2D eigenvalue weighted by Gasteiger charge is 2.06. The number of nitrogens with zero attached hydrogens (tertiary/aromatic N) is 1. The van der Waals surface area contributed by atoms with E-state index < -0.39 is 0 Å². The molecule has 2 nitrogen and oxygen atoms in total. The van der Waals surface area contributed by atoms with Gasteiger partial charge in [0, 0.05) is 23.8 Å². The number of para-hydroxylation sites is 1. The molecule has 0 amide bonds. The van der Waals surface area contributed by atoms with Crippen LogP contribution in [0.2, 0.25) is 5.02 Å². The van der Waals surface area contributed by atoms with Crippen LogP contribution in [0.15, 0.2) is 54.6 Å². The van der Waals surface area contributed by atoms with E-state index in [-0.39, 0.29) is 0 Å². The maximum absolute atomic E-state index is 6.04. The number of hydrogen-bond donors (Lipinski definition) is 1. The van der Waals surface area contributed by atoms with E-state index in [4.69, 9.17) is 17.3 Å². The fourth-order valence-corrected chi connectivity index (χ4v) is 2.29. The second-order valence-corrected chi connectivity index (χ2v) is 4.97. The van der Waals surface area contributed by atoms with Crippen LogP contribution in [0.5, 0.6) is 0 Å². The van der Waals surface area contributed by atoms with Gasteiger partial charge in [-0.25, -0.2) is 0 Å². The van der Waals surface area contributed by atoms with Crippen molar-refractivity contribution in [3.05, 3.63) is 65.2 Å². The highest BCUT2D eigenvalue weighted by atomic mass is 35.5. The molecule has 0 aliphatic heterocycles. The molecule has 0 fully saturated rings. The minimum atomic E-state index is 0.707. The summed E-state index contributed by atoms with van der Waals surface area (Å²) in [7, 11) is 0. The van der Waals surface area contributed by atoms with Crippen molar-refractivity contribution in [2.45, 2.75) is 13.0 Å². The molecule has 0 aliphatic rings. The van der Waals surface area contributed by atoms with Crippen molar-refractivity contribution < 1.29 is 0 Å². The molecule has 100 valence electrons. The van der Waals surface area contributed by atoms with E-state index in [0.29, 0.717) is 6.54 Å². The highest BCUT2D eigenvalue weighted by Crippen LogP contribution is 2.19. The number of rotatable bonds is 6. The van der Waals surface area contributed by atoms with Gasteiger partial charge in [-0.1, -0.05) is 41.9 Å². The number of nitrogens with two attached hydrogens (primary N) is 1. The van der Waals surface area contributed by atoms with Crippen LogP contribution in [0.3, 0.4) is 0 Å². The van der Waals surface area contributed by atoms with Crippen molar-refractivity contribution in [1.82, 2.24) is 0 Å². The number of anilines is 1. The van der Waals surface area contributed by atoms with Gasteiger partial charge in [-0.2, -0.15) is 0 Å². The lowest BCUT2D eigenvalue weighted by Gasteiger charge is -2.25. The first kappa shape index (κ1) is 13.9. The van der Waals surface area contributed by atoms with E-state index in [1.54, 1.807) is 0 Å². The van der Waals surface area contributed by atoms with E-state index in [0.717, 1.165) is 24.5 Å². The predicted molar refractivity (Wildman–Crippen MR) is 82.6 cm³/mol. The standard InChI is InChI=1S/C16H19ClN2/c17-15-7-4-6-14(12-15)13-19(11-5-10-18)16-8-2-1-3-9-16/h1-4,6-9,12H,5,10-11,13,18H2. The maximum Gasteiger partial charge on any atom is 0.0429 e. The van der Waals surface area contributed by atoms with Gasteiger partial charge in [0.1, 0.15) is 0 Å². The van der Waals surface area contributed by atoms with Gasteiger partial charge in [0.15, 0.2) is 0 Å². The Kier molecular flexibility index (Phi) is 5.25. The molecule has 2 aromatic carbocycles. The Morgan fingerprint density at radius 3 is 2.47 bits per heavy atom. The summed E-state index contributed by atoms with van der Waals surface area (Å²) in [5.41, 5.74) is 8.06. The summed E-state index contributed by atoms with van der Waals surface area (Å²) in [6.07, 6.45) is 0.982. The average Bonchev–Trinajstić information content (AvgIpc) is 2.44. The van der Waals surface area contributed by atoms with E-state index in [2.05, 4.69) is 35.2 Å². The van der Waals surface area contributed by atoms with Gasteiger partial charge in [0.05, 0.1) is 0 Å². The third-order valence-corrected chi connectivity index (χ3v) is 3.25. The molecule has 2 N–H and O–H groups in total. The van der Waals surface area contributed by atoms with Crippen LogP contribution >= 0.6 is 11.6 Å². The number of benzene rings is 2.